The standard InChI is InChI=1S/C14H20N4S2/c1-5-6-15-10-9-11(20-13-16-7-8-19-13)18-12(17-10)14(2,3)4/h7-9H,5-6H2,1-4H3,(H,15,17,18). The molecular formula is C14H20N4S2. The van der Waals surface area contributed by atoms with Crippen LogP contribution < -0.4 is 5.32 Å². The van der Waals surface area contributed by atoms with Crippen molar-refractivity contribution in [2.45, 2.75) is 48.9 Å². The topological polar surface area (TPSA) is 50.7 Å². The summed E-state index contributed by atoms with van der Waals surface area (Å²) in [6.07, 6.45) is 2.89. The van der Waals surface area contributed by atoms with E-state index in [9.17, 15) is 0 Å². The van der Waals surface area contributed by atoms with Gasteiger partial charge in [-0.15, -0.1) is 11.3 Å². The van der Waals surface area contributed by atoms with E-state index in [0.717, 1.165) is 34.0 Å². The minimum absolute atomic E-state index is 0.0674. The number of aromatic nitrogens is 3. The predicted molar refractivity (Wildman–Crippen MR) is 85.7 cm³/mol. The zero-order chi connectivity index (χ0) is 14.6. The predicted octanol–water partition coefficient (Wildman–Crippen LogP) is 4.20. The van der Waals surface area contributed by atoms with Crippen molar-refractivity contribution in [3.8, 4) is 0 Å². The average molecular weight is 308 g/mol. The number of hydrogen-bond acceptors (Lipinski definition) is 6. The molecule has 2 rings (SSSR count). The van der Waals surface area contributed by atoms with Crippen LogP contribution in [-0.4, -0.2) is 21.5 Å². The molecule has 0 aliphatic rings. The van der Waals surface area contributed by atoms with Crippen molar-refractivity contribution in [3.05, 3.63) is 23.5 Å². The second-order valence-electron chi connectivity index (χ2n) is 5.49. The third-order valence-electron chi connectivity index (χ3n) is 2.53. The molecule has 0 unspecified atom stereocenters. The summed E-state index contributed by atoms with van der Waals surface area (Å²) < 4.78 is 1.00. The molecule has 2 aromatic rings. The summed E-state index contributed by atoms with van der Waals surface area (Å²) in [7, 11) is 0. The monoisotopic (exact) mass is 308 g/mol. The molecule has 0 amide bonds. The molecule has 0 aromatic carbocycles. The first-order chi connectivity index (χ1) is 9.49. The average Bonchev–Trinajstić information content (AvgIpc) is 2.88. The van der Waals surface area contributed by atoms with Crippen LogP contribution in [0.4, 0.5) is 5.82 Å². The molecule has 0 bridgehead atoms. The number of thiazole rings is 1. The summed E-state index contributed by atoms with van der Waals surface area (Å²) in [6.45, 7) is 9.45. The lowest BCUT2D eigenvalue weighted by Crippen LogP contribution is -2.17. The Morgan fingerprint density at radius 2 is 2.10 bits per heavy atom. The number of anilines is 1. The van der Waals surface area contributed by atoms with E-state index in [4.69, 9.17) is 0 Å². The molecule has 4 nitrogen and oxygen atoms in total. The van der Waals surface area contributed by atoms with E-state index in [1.54, 1.807) is 23.1 Å². The molecule has 0 aliphatic heterocycles. The first-order valence-corrected chi connectivity index (χ1v) is 8.39. The first-order valence-electron chi connectivity index (χ1n) is 6.70. The van der Waals surface area contributed by atoms with E-state index in [-0.39, 0.29) is 5.41 Å². The maximum Gasteiger partial charge on any atom is 0.156 e. The van der Waals surface area contributed by atoms with Gasteiger partial charge in [0.25, 0.3) is 0 Å². The minimum Gasteiger partial charge on any atom is -0.370 e. The van der Waals surface area contributed by atoms with Gasteiger partial charge in [0, 0.05) is 29.6 Å². The molecule has 0 aliphatic carbocycles. The van der Waals surface area contributed by atoms with Gasteiger partial charge in [-0.25, -0.2) is 15.0 Å². The van der Waals surface area contributed by atoms with Crippen LogP contribution in [0.3, 0.4) is 0 Å². The van der Waals surface area contributed by atoms with Crippen molar-refractivity contribution in [2.24, 2.45) is 0 Å². The van der Waals surface area contributed by atoms with Crippen molar-refractivity contribution in [3.63, 3.8) is 0 Å². The summed E-state index contributed by atoms with van der Waals surface area (Å²) in [5.41, 5.74) is -0.0674. The SMILES string of the molecule is CCCNc1cc(Sc2nccs2)nc(C(C)(C)C)n1. The first kappa shape index (κ1) is 15.3. The number of nitrogens with one attached hydrogen (secondary N) is 1. The van der Waals surface area contributed by atoms with Gasteiger partial charge < -0.3 is 5.32 Å². The maximum atomic E-state index is 4.67. The molecular weight excluding hydrogens is 288 g/mol. The zero-order valence-electron chi connectivity index (χ0n) is 12.3. The van der Waals surface area contributed by atoms with Gasteiger partial charge in [-0.05, 0) is 18.2 Å². The van der Waals surface area contributed by atoms with Gasteiger partial charge in [0.2, 0.25) is 0 Å². The Morgan fingerprint density at radius 3 is 2.70 bits per heavy atom. The lowest BCUT2D eigenvalue weighted by Gasteiger charge is -2.18. The van der Waals surface area contributed by atoms with Gasteiger partial charge in [0.05, 0.1) is 0 Å². The maximum absolute atomic E-state index is 4.67. The lowest BCUT2D eigenvalue weighted by molar-refractivity contribution is 0.539. The fraction of sp³-hybridized carbons (Fsp3) is 0.500. The largest absolute Gasteiger partial charge is 0.370 e. The van der Waals surface area contributed by atoms with E-state index in [0.29, 0.717) is 0 Å². The Morgan fingerprint density at radius 1 is 1.30 bits per heavy atom. The molecule has 0 radical (unpaired) electrons. The quantitative estimate of drug-likeness (QED) is 0.839. The number of hydrogen-bond donors (Lipinski definition) is 1. The van der Waals surface area contributed by atoms with Crippen LogP contribution in [0, 0.1) is 0 Å². The fourth-order valence-electron chi connectivity index (χ4n) is 1.51. The Kier molecular flexibility index (Phi) is 4.99. The molecule has 0 saturated heterocycles. The molecule has 0 saturated carbocycles. The van der Waals surface area contributed by atoms with Crippen LogP contribution in [0.1, 0.15) is 39.9 Å². The van der Waals surface area contributed by atoms with E-state index in [2.05, 4.69) is 48.0 Å². The summed E-state index contributed by atoms with van der Waals surface area (Å²) >= 11 is 3.21. The van der Waals surface area contributed by atoms with Crippen molar-refractivity contribution >= 4 is 28.9 Å². The normalized spacial score (nSPS) is 11.6. The Balaban J connectivity index is 2.29. The highest BCUT2D eigenvalue weighted by atomic mass is 32.2. The van der Waals surface area contributed by atoms with Gasteiger partial charge in [-0.1, -0.05) is 27.7 Å². The highest BCUT2D eigenvalue weighted by molar-refractivity contribution is 8.01. The van der Waals surface area contributed by atoms with Crippen molar-refractivity contribution < 1.29 is 0 Å². The summed E-state index contributed by atoms with van der Waals surface area (Å²) in [6, 6.07) is 2.00. The van der Waals surface area contributed by atoms with Gasteiger partial charge in [0.1, 0.15) is 16.7 Å². The highest BCUT2D eigenvalue weighted by Gasteiger charge is 2.19. The smallest absolute Gasteiger partial charge is 0.156 e. The van der Waals surface area contributed by atoms with E-state index in [1.807, 2.05) is 17.6 Å². The van der Waals surface area contributed by atoms with Crippen molar-refractivity contribution in [1.82, 2.24) is 15.0 Å². The van der Waals surface area contributed by atoms with Gasteiger partial charge in [0.15, 0.2) is 4.34 Å². The minimum atomic E-state index is -0.0674. The third kappa shape index (κ3) is 4.18. The van der Waals surface area contributed by atoms with Crippen LogP contribution in [0.5, 0.6) is 0 Å². The fourth-order valence-corrected chi connectivity index (χ4v) is 3.08. The van der Waals surface area contributed by atoms with Crippen LogP contribution in [0.2, 0.25) is 0 Å². The van der Waals surface area contributed by atoms with Gasteiger partial charge >= 0.3 is 0 Å². The Hall–Kier alpha value is -1.14. The zero-order valence-corrected chi connectivity index (χ0v) is 13.9. The second kappa shape index (κ2) is 6.54. The molecule has 0 fully saturated rings. The van der Waals surface area contributed by atoms with E-state index in [1.165, 1.54) is 0 Å². The molecule has 1 N–H and O–H groups in total. The molecule has 2 aromatic heterocycles. The van der Waals surface area contributed by atoms with Gasteiger partial charge in [-0.2, -0.15) is 0 Å². The number of nitrogens with zero attached hydrogens (tertiary/aromatic N) is 3. The molecule has 6 heteroatoms. The lowest BCUT2D eigenvalue weighted by atomic mass is 9.96. The van der Waals surface area contributed by atoms with E-state index >= 15 is 0 Å². The molecule has 20 heavy (non-hydrogen) atoms. The Bertz CT molecular complexity index is 547. The number of rotatable bonds is 5. The second-order valence-corrected chi connectivity index (χ2v) is 7.65. The molecule has 108 valence electrons. The molecule has 0 spiro atoms. The van der Waals surface area contributed by atoms with Crippen molar-refractivity contribution in [1.29, 1.82) is 0 Å². The summed E-state index contributed by atoms with van der Waals surface area (Å²) in [5.74, 6) is 1.75. The van der Waals surface area contributed by atoms with Crippen LogP contribution in [0.15, 0.2) is 27.0 Å². The van der Waals surface area contributed by atoms with Gasteiger partial charge in [-0.3, -0.25) is 0 Å². The summed E-state index contributed by atoms with van der Waals surface area (Å²) in [4.78, 5) is 13.6. The molecule has 0 atom stereocenters. The van der Waals surface area contributed by atoms with Crippen LogP contribution in [0.25, 0.3) is 0 Å². The Labute approximate surface area is 128 Å². The van der Waals surface area contributed by atoms with Crippen molar-refractivity contribution in [2.75, 3.05) is 11.9 Å². The van der Waals surface area contributed by atoms with E-state index < -0.39 is 0 Å². The third-order valence-corrected chi connectivity index (χ3v) is 4.33. The highest BCUT2D eigenvalue weighted by Crippen LogP contribution is 2.30. The van der Waals surface area contributed by atoms with Crippen LogP contribution in [-0.2, 0) is 5.41 Å². The summed E-state index contributed by atoms with van der Waals surface area (Å²) in [5, 5.41) is 6.27. The molecule has 2 heterocycles. The van der Waals surface area contributed by atoms with Crippen LogP contribution >= 0.6 is 23.1 Å².